The average molecular weight is 418 g/mol. The number of hydrogen-bond acceptors (Lipinski definition) is 5. The molecule has 2 fully saturated rings. The summed E-state index contributed by atoms with van der Waals surface area (Å²) in [7, 11) is 0. The van der Waals surface area contributed by atoms with Gasteiger partial charge in [-0.2, -0.15) is 0 Å². The van der Waals surface area contributed by atoms with Gasteiger partial charge in [-0.3, -0.25) is 14.4 Å². The SMILES string of the molecule is CC(Oc1ccc(O)cc1)C(=O)N1CCCN(C(=O)C2CC(=O)N(C(C)C)C2)CC1. The fourth-order valence-electron chi connectivity index (χ4n) is 4.05. The third kappa shape index (κ3) is 5.04. The zero-order valence-electron chi connectivity index (χ0n) is 17.9. The quantitative estimate of drug-likeness (QED) is 0.784. The van der Waals surface area contributed by atoms with Gasteiger partial charge in [-0.15, -0.1) is 0 Å². The van der Waals surface area contributed by atoms with Gasteiger partial charge in [0.15, 0.2) is 6.10 Å². The fourth-order valence-corrected chi connectivity index (χ4v) is 4.05. The first-order chi connectivity index (χ1) is 14.3. The normalized spacial score (nSPS) is 21.0. The third-order valence-electron chi connectivity index (χ3n) is 5.75. The van der Waals surface area contributed by atoms with Gasteiger partial charge in [0.05, 0.1) is 5.92 Å². The molecule has 0 bridgehead atoms. The molecule has 30 heavy (non-hydrogen) atoms. The molecule has 2 unspecified atom stereocenters. The van der Waals surface area contributed by atoms with E-state index in [1.807, 2.05) is 13.8 Å². The molecule has 0 radical (unpaired) electrons. The molecule has 164 valence electrons. The zero-order chi connectivity index (χ0) is 21.8. The second-order valence-electron chi connectivity index (χ2n) is 8.30. The number of carbonyl (C=O) groups excluding carboxylic acids is 3. The summed E-state index contributed by atoms with van der Waals surface area (Å²) >= 11 is 0. The molecule has 3 amide bonds. The molecule has 2 aliphatic rings. The van der Waals surface area contributed by atoms with Crippen LogP contribution in [0.5, 0.6) is 11.5 Å². The van der Waals surface area contributed by atoms with Crippen molar-refractivity contribution in [2.24, 2.45) is 5.92 Å². The van der Waals surface area contributed by atoms with Gasteiger partial charge in [0.25, 0.3) is 5.91 Å². The van der Waals surface area contributed by atoms with E-state index < -0.39 is 6.10 Å². The molecule has 0 spiro atoms. The van der Waals surface area contributed by atoms with Gasteiger partial charge in [0.1, 0.15) is 11.5 Å². The summed E-state index contributed by atoms with van der Waals surface area (Å²) < 4.78 is 5.70. The second-order valence-corrected chi connectivity index (χ2v) is 8.30. The van der Waals surface area contributed by atoms with Crippen molar-refractivity contribution in [2.75, 3.05) is 32.7 Å². The molecular weight excluding hydrogens is 386 g/mol. The fraction of sp³-hybridized carbons (Fsp3) is 0.591. The minimum absolute atomic E-state index is 0.00851. The lowest BCUT2D eigenvalue weighted by molar-refractivity contribution is -0.139. The Hall–Kier alpha value is -2.77. The number of benzene rings is 1. The first kappa shape index (κ1) is 21.9. The lowest BCUT2D eigenvalue weighted by Gasteiger charge is -2.26. The molecule has 2 saturated heterocycles. The first-order valence-corrected chi connectivity index (χ1v) is 10.6. The summed E-state index contributed by atoms with van der Waals surface area (Å²) in [6, 6.07) is 6.35. The highest BCUT2D eigenvalue weighted by Gasteiger charge is 2.38. The van der Waals surface area contributed by atoms with Crippen molar-refractivity contribution in [2.45, 2.75) is 45.8 Å². The van der Waals surface area contributed by atoms with Crippen molar-refractivity contribution < 1.29 is 24.2 Å². The van der Waals surface area contributed by atoms with Crippen LogP contribution in [-0.2, 0) is 14.4 Å². The third-order valence-corrected chi connectivity index (χ3v) is 5.75. The Morgan fingerprint density at radius 3 is 2.30 bits per heavy atom. The molecule has 3 rings (SSSR count). The van der Waals surface area contributed by atoms with Crippen LogP contribution in [-0.4, -0.2) is 82.4 Å². The Balaban J connectivity index is 1.54. The number of hydrogen-bond donors (Lipinski definition) is 1. The van der Waals surface area contributed by atoms with Gasteiger partial charge < -0.3 is 24.5 Å². The van der Waals surface area contributed by atoms with Crippen LogP contribution in [0.15, 0.2) is 24.3 Å². The highest BCUT2D eigenvalue weighted by atomic mass is 16.5. The number of rotatable bonds is 5. The Morgan fingerprint density at radius 1 is 1.03 bits per heavy atom. The van der Waals surface area contributed by atoms with Crippen LogP contribution in [0.25, 0.3) is 0 Å². The standard InChI is InChI=1S/C22H31N3O5/c1-15(2)25-14-17(13-20(25)27)22(29)24-10-4-9-23(11-12-24)21(28)16(3)30-19-7-5-18(26)6-8-19/h5-8,15-17,26H,4,9-14H2,1-3H3. The average Bonchev–Trinajstić information content (AvgIpc) is 2.95. The largest absolute Gasteiger partial charge is 0.508 e. The molecular formula is C22H31N3O5. The second kappa shape index (κ2) is 9.36. The van der Waals surface area contributed by atoms with E-state index in [1.165, 1.54) is 12.1 Å². The van der Waals surface area contributed by atoms with Crippen molar-refractivity contribution in [3.05, 3.63) is 24.3 Å². The predicted octanol–water partition coefficient (Wildman–Crippen LogP) is 1.48. The van der Waals surface area contributed by atoms with Crippen LogP contribution in [0.1, 0.15) is 33.6 Å². The van der Waals surface area contributed by atoms with Gasteiger partial charge in [0.2, 0.25) is 11.8 Å². The van der Waals surface area contributed by atoms with Gasteiger partial charge in [-0.05, 0) is 51.5 Å². The number of amides is 3. The van der Waals surface area contributed by atoms with E-state index in [0.717, 1.165) is 0 Å². The molecule has 0 saturated carbocycles. The minimum Gasteiger partial charge on any atom is -0.508 e. The molecule has 2 aliphatic heterocycles. The van der Waals surface area contributed by atoms with E-state index in [4.69, 9.17) is 4.74 Å². The Bertz CT molecular complexity index is 779. The summed E-state index contributed by atoms with van der Waals surface area (Å²) in [6.07, 6.45) is 0.301. The van der Waals surface area contributed by atoms with E-state index in [-0.39, 0.29) is 41.9 Å². The summed E-state index contributed by atoms with van der Waals surface area (Å²) in [5.41, 5.74) is 0. The van der Waals surface area contributed by atoms with Crippen molar-refractivity contribution in [3.63, 3.8) is 0 Å². The summed E-state index contributed by atoms with van der Waals surface area (Å²) in [5, 5.41) is 9.36. The smallest absolute Gasteiger partial charge is 0.263 e. The van der Waals surface area contributed by atoms with Crippen LogP contribution in [0.4, 0.5) is 0 Å². The number of likely N-dealkylation sites (tertiary alicyclic amines) is 1. The molecule has 2 heterocycles. The van der Waals surface area contributed by atoms with Crippen LogP contribution < -0.4 is 4.74 Å². The monoisotopic (exact) mass is 417 g/mol. The highest BCUT2D eigenvalue weighted by Crippen LogP contribution is 2.23. The van der Waals surface area contributed by atoms with E-state index >= 15 is 0 Å². The lowest BCUT2D eigenvalue weighted by atomic mass is 10.1. The Kier molecular flexibility index (Phi) is 6.84. The van der Waals surface area contributed by atoms with E-state index in [9.17, 15) is 19.5 Å². The van der Waals surface area contributed by atoms with Gasteiger partial charge in [0, 0.05) is 45.2 Å². The summed E-state index contributed by atoms with van der Waals surface area (Å²) in [6.45, 7) is 8.16. The van der Waals surface area contributed by atoms with E-state index in [1.54, 1.807) is 33.8 Å². The number of carbonyl (C=O) groups is 3. The first-order valence-electron chi connectivity index (χ1n) is 10.6. The molecule has 1 aromatic carbocycles. The summed E-state index contributed by atoms with van der Waals surface area (Å²) in [5.74, 6) is 0.280. The van der Waals surface area contributed by atoms with Gasteiger partial charge >= 0.3 is 0 Å². The van der Waals surface area contributed by atoms with Crippen molar-refractivity contribution in [1.82, 2.24) is 14.7 Å². The lowest BCUT2D eigenvalue weighted by Crippen LogP contribution is -2.44. The van der Waals surface area contributed by atoms with Gasteiger partial charge in [-0.25, -0.2) is 0 Å². The van der Waals surface area contributed by atoms with Gasteiger partial charge in [-0.1, -0.05) is 0 Å². The molecule has 1 aromatic rings. The predicted molar refractivity (Wildman–Crippen MR) is 111 cm³/mol. The summed E-state index contributed by atoms with van der Waals surface area (Å²) in [4.78, 5) is 43.2. The molecule has 0 aliphatic carbocycles. The number of aromatic hydroxyl groups is 1. The number of phenolic OH excluding ortho intramolecular Hbond substituents is 1. The van der Waals surface area contributed by atoms with Crippen LogP contribution in [0.2, 0.25) is 0 Å². The molecule has 8 heteroatoms. The highest BCUT2D eigenvalue weighted by molar-refractivity contribution is 5.89. The zero-order valence-corrected chi connectivity index (χ0v) is 17.9. The van der Waals surface area contributed by atoms with E-state index in [2.05, 4.69) is 0 Å². The Morgan fingerprint density at radius 2 is 1.67 bits per heavy atom. The van der Waals surface area contributed by atoms with Crippen molar-refractivity contribution in [1.29, 1.82) is 0 Å². The number of nitrogens with zero attached hydrogens (tertiary/aromatic N) is 3. The number of phenols is 1. The topological polar surface area (TPSA) is 90.4 Å². The maximum Gasteiger partial charge on any atom is 0.263 e. The van der Waals surface area contributed by atoms with Crippen molar-refractivity contribution >= 4 is 17.7 Å². The van der Waals surface area contributed by atoms with Crippen LogP contribution in [0.3, 0.4) is 0 Å². The molecule has 2 atom stereocenters. The Labute approximate surface area is 177 Å². The minimum atomic E-state index is -0.663. The van der Waals surface area contributed by atoms with Crippen molar-refractivity contribution in [3.8, 4) is 11.5 Å². The maximum atomic E-state index is 12.9. The molecule has 1 N–H and O–H groups in total. The molecule has 8 nitrogen and oxygen atoms in total. The van der Waals surface area contributed by atoms with E-state index in [0.29, 0.717) is 44.9 Å². The van der Waals surface area contributed by atoms with Crippen LogP contribution in [0, 0.1) is 5.92 Å². The number of ether oxygens (including phenoxy) is 1. The molecule has 0 aromatic heterocycles. The van der Waals surface area contributed by atoms with Crippen LogP contribution >= 0.6 is 0 Å². The maximum absolute atomic E-state index is 12.9.